The molecule has 4 nitrogen and oxygen atoms in total. The maximum Gasteiger partial charge on any atom is 0.240 e. The second-order valence-corrected chi connectivity index (χ2v) is 7.20. The molecule has 1 aliphatic rings. The van der Waals surface area contributed by atoms with Crippen LogP contribution in [-0.2, 0) is 10.0 Å². The minimum atomic E-state index is -3.54. The molecule has 0 atom stereocenters. The van der Waals surface area contributed by atoms with Gasteiger partial charge in [-0.05, 0) is 37.5 Å². The highest BCUT2D eigenvalue weighted by molar-refractivity contribution is 7.89. The smallest absolute Gasteiger partial charge is 0.240 e. The maximum atomic E-state index is 12.3. The molecule has 1 aliphatic carbocycles. The Morgan fingerprint density at radius 2 is 1.89 bits per heavy atom. The van der Waals surface area contributed by atoms with Crippen LogP contribution >= 0.6 is 11.6 Å². The lowest BCUT2D eigenvalue weighted by Crippen LogP contribution is -2.36. The zero-order valence-electron chi connectivity index (χ0n) is 10.9. The van der Waals surface area contributed by atoms with Crippen molar-refractivity contribution in [1.29, 1.82) is 0 Å². The SMILES string of the molecule is Cc1c(N)cc(S(=O)(=O)NC2CCCCC2)cc1Cl. The predicted molar refractivity (Wildman–Crippen MR) is 77.8 cm³/mol. The minimum absolute atomic E-state index is 0.0278. The largest absolute Gasteiger partial charge is 0.398 e. The lowest BCUT2D eigenvalue weighted by molar-refractivity contribution is 0.412. The first-order chi connectivity index (χ1) is 8.90. The van der Waals surface area contributed by atoms with Crippen LogP contribution in [0, 0.1) is 6.92 Å². The molecule has 0 radical (unpaired) electrons. The Morgan fingerprint density at radius 1 is 1.26 bits per heavy atom. The van der Waals surface area contributed by atoms with E-state index in [9.17, 15) is 8.42 Å². The number of sulfonamides is 1. The molecule has 1 aromatic rings. The summed E-state index contributed by atoms with van der Waals surface area (Å²) in [7, 11) is -3.54. The monoisotopic (exact) mass is 302 g/mol. The molecule has 0 saturated heterocycles. The fourth-order valence-electron chi connectivity index (χ4n) is 2.34. The molecule has 19 heavy (non-hydrogen) atoms. The molecule has 1 aromatic carbocycles. The van der Waals surface area contributed by atoms with Crippen LogP contribution in [-0.4, -0.2) is 14.5 Å². The van der Waals surface area contributed by atoms with Crippen molar-refractivity contribution in [2.24, 2.45) is 0 Å². The molecular weight excluding hydrogens is 284 g/mol. The molecule has 3 N–H and O–H groups in total. The van der Waals surface area contributed by atoms with Crippen LogP contribution in [0.15, 0.2) is 17.0 Å². The molecular formula is C13H19ClN2O2S. The average Bonchev–Trinajstić information content (AvgIpc) is 2.36. The van der Waals surface area contributed by atoms with Crippen molar-refractivity contribution in [1.82, 2.24) is 4.72 Å². The molecule has 0 heterocycles. The third-order valence-corrected chi connectivity index (χ3v) is 5.49. The predicted octanol–water partition coefficient (Wildman–Crippen LogP) is 2.84. The molecule has 106 valence electrons. The Bertz CT molecular complexity index is 543. The van der Waals surface area contributed by atoms with E-state index >= 15 is 0 Å². The summed E-state index contributed by atoms with van der Waals surface area (Å²) in [4.78, 5) is 0.145. The number of nitrogen functional groups attached to an aromatic ring is 1. The molecule has 0 unspecified atom stereocenters. The van der Waals surface area contributed by atoms with Gasteiger partial charge in [-0.1, -0.05) is 30.9 Å². The Balaban J connectivity index is 2.24. The number of hydrogen-bond donors (Lipinski definition) is 2. The fraction of sp³-hybridized carbons (Fsp3) is 0.538. The van der Waals surface area contributed by atoms with Crippen molar-refractivity contribution < 1.29 is 8.42 Å². The van der Waals surface area contributed by atoms with E-state index < -0.39 is 10.0 Å². The third kappa shape index (κ3) is 3.41. The Kier molecular flexibility index (Phi) is 4.38. The highest BCUT2D eigenvalue weighted by atomic mass is 35.5. The van der Waals surface area contributed by atoms with Crippen LogP contribution < -0.4 is 10.5 Å². The first-order valence-corrected chi connectivity index (χ1v) is 8.34. The molecule has 2 rings (SSSR count). The molecule has 0 amide bonds. The summed E-state index contributed by atoms with van der Waals surface area (Å²) >= 11 is 6.00. The Hall–Kier alpha value is -0.780. The zero-order chi connectivity index (χ0) is 14.0. The second kappa shape index (κ2) is 5.69. The van der Waals surface area contributed by atoms with Gasteiger partial charge in [0.05, 0.1) is 4.90 Å². The van der Waals surface area contributed by atoms with Crippen molar-refractivity contribution in [3.8, 4) is 0 Å². The van der Waals surface area contributed by atoms with E-state index in [-0.39, 0.29) is 10.9 Å². The van der Waals surface area contributed by atoms with Gasteiger partial charge in [-0.25, -0.2) is 13.1 Å². The maximum absolute atomic E-state index is 12.3. The second-order valence-electron chi connectivity index (χ2n) is 5.08. The summed E-state index contributed by atoms with van der Waals surface area (Å²) in [5.74, 6) is 0. The summed E-state index contributed by atoms with van der Waals surface area (Å²) in [6.45, 7) is 1.77. The van der Waals surface area contributed by atoms with Gasteiger partial charge in [0.1, 0.15) is 0 Å². The summed E-state index contributed by atoms with van der Waals surface area (Å²) in [6.07, 6.45) is 5.12. The van der Waals surface area contributed by atoms with E-state index in [4.69, 9.17) is 17.3 Å². The van der Waals surface area contributed by atoms with Gasteiger partial charge in [0.15, 0.2) is 0 Å². The van der Waals surface area contributed by atoms with E-state index in [0.717, 1.165) is 25.7 Å². The molecule has 6 heteroatoms. The molecule has 0 spiro atoms. The van der Waals surface area contributed by atoms with E-state index in [0.29, 0.717) is 16.3 Å². The van der Waals surface area contributed by atoms with Crippen LogP contribution in [0.25, 0.3) is 0 Å². The van der Waals surface area contributed by atoms with Gasteiger partial charge < -0.3 is 5.73 Å². The lowest BCUT2D eigenvalue weighted by atomic mass is 9.96. The highest BCUT2D eigenvalue weighted by Gasteiger charge is 2.22. The van der Waals surface area contributed by atoms with E-state index in [1.165, 1.54) is 18.6 Å². The summed E-state index contributed by atoms with van der Waals surface area (Å²) < 4.78 is 27.3. The average molecular weight is 303 g/mol. The first kappa shape index (κ1) is 14.6. The highest BCUT2D eigenvalue weighted by Crippen LogP contribution is 2.27. The van der Waals surface area contributed by atoms with Gasteiger partial charge in [0.25, 0.3) is 0 Å². The van der Waals surface area contributed by atoms with E-state index in [1.54, 1.807) is 6.92 Å². The fourth-order valence-corrected chi connectivity index (χ4v) is 3.99. The normalized spacial score (nSPS) is 17.6. The lowest BCUT2D eigenvalue weighted by Gasteiger charge is -2.22. The van der Waals surface area contributed by atoms with Crippen LogP contribution in [0.5, 0.6) is 0 Å². The zero-order valence-corrected chi connectivity index (χ0v) is 12.5. The van der Waals surface area contributed by atoms with Gasteiger partial charge in [-0.3, -0.25) is 0 Å². The van der Waals surface area contributed by atoms with E-state index in [2.05, 4.69) is 4.72 Å². The molecule has 0 aromatic heterocycles. The van der Waals surface area contributed by atoms with Crippen LogP contribution in [0.1, 0.15) is 37.7 Å². The van der Waals surface area contributed by atoms with E-state index in [1.807, 2.05) is 0 Å². The Labute approximate surface area is 119 Å². The van der Waals surface area contributed by atoms with Crippen molar-refractivity contribution in [3.63, 3.8) is 0 Å². The topological polar surface area (TPSA) is 72.2 Å². The molecule has 1 saturated carbocycles. The van der Waals surface area contributed by atoms with Gasteiger partial charge in [-0.15, -0.1) is 0 Å². The van der Waals surface area contributed by atoms with Crippen molar-refractivity contribution >= 4 is 27.3 Å². The number of anilines is 1. The van der Waals surface area contributed by atoms with Crippen molar-refractivity contribution in [2.45, 2.75) is 50.0 Å². The van der Waals surface area contributed by atoms with Crippen molar-refractivity contribution in [2.75, 3.05) is 5.73 Å². The summed E-state index contributed by atoms with van der Waals surface area (Å²) in [6, 6.07) is 2.95. The third-order valence-electron chi connectivity index (χ3n) is 3.60. The van der Waals surface area contributed by atoms with Crippen LogP contribution in [0.3, 0.4) is 0 Å². The Morgan fingerprint density at radius 3 is 2.47 bits per heavy atom. The number of rotatable bonds is 3. The number of benzene rings is 1. The quantitative estimate of drug-likeness (QED) is 0.843. The van der Waals surface area contributed by atoms with Gasteiger partial charge >= 0.3 is 0 Å². The first-order valence-electron chi connectivity index (χ1n) is 6.48. The van der Waals surface area contributed by atoms with Crippen LogP contribution in [0.4, 0.5) is 5.69 Å². The van der Waals surface area contributed by atoms with Gasteiger partial charge in [0, 0.05) is 16.8 Å². The molecule has 0 aliphatic heterocycles. The molecule has 1 fully saturated rings. The van der Waals surface area contributed by atoms with Crippen LogP contribution in [0.2, 0.25) is 5.02 Å². The summed E-state index contributed by atoms with van der Waals surface area (Å²) in [5.41, 5.74) is 6.88. The molecule has 0 bridgehead atoms. The van der Waals surface area contributed by atoms with Gasteiger partial charge in [-0.2, -0.15) is 0 Å². The minimum Gasteiger partial charge on any atom is -0.398 e. The number of nitrogens with two attached hydrogens (primary N) is 1. The number of hydrogen-bond acceptors (Lipinski definition) is 3. The standard InChI is InChI=1S/C13H19ClN2O2S/c1-9-12(14)7-11(8-13(9)15)19(17,18)16-10-5-3-2-4-6-10/h7-8,10,16H,2-6,15H2,1H3. The van der Waals surface area contributed by atoms with Gasteiger partial charge in [0.2, 0.25) is 10.0 Å². The van der Waals surface area contributed by atoms with Crippen molar-refractivity contribution in [3.05, 3.63) is 22.7 Å². The number of nitrogens with one attached hydrogen (secondary N) is 1. The number of halogens is 1. The summed E-state index contributed by atoms with van der Waals surface area (Å²) in [5, 5.41) is 0.379.